The first-order chi connectivity index (χ1) is 9.74. The number of amides is 1. The topological polar surface area (TPSA) is 59.0 Å². The third kappa shape index (κ3) is 2.76. The van der Waals surface area contributed by atoms with Crippen molar-refractivity contribution >= 4 is 27.5 Å². The van der Waals surface area contributed by atoms with Gasteiger partial charge in [0, 0.05) is 23.3 Å². The Bertz CT molecular complexity index is 619. The molecular formula is C14H15BrN4O. The molecule has 2 heterocycles. The molecule has 3 rings (SSSR count). The van der Waals surface area contributed by atoms with Crippen LogP contribution in [0, 0.1) is 0 Å². The van der Waals surface area contributed by atoms with Crippen molar-refractivity contribution < 1.29 is 4.79 Å². The van der Waals surface area contributed by atoms with E-state index >= 15 is 0 Å². The number of nitrogens with one attached hydrogen (secondary N) is 2. The highest BCUT2D eigenvalue weighted by atomic mass is 79.9. The first kappa shape index (κ1) is 13.3. The van der Waals surface area contributed by atoms with Gasteiger partial charge in [-0.05, 0) is 41.0 Å². The summed E-state index contributed by atoms with van der Waals surface area (Å²) in [6.07, 6.45) is 4.61. The predicted octanol–water partition coefficient (Wildman–Crippen LogP) is 2.43. The van der Waals surface area contributed by atoms with Crippen molar-refractivity contribution in [2.24, 2.45) is 0 Å². The molecule has 1 aromatic carbocycles. The number of hydrogen-bond donors (Lipinski definition) is 2. The molecule has 2 aromatic rings. The second-order valence-corrected chi connectivity index (χ2v) is 5.64. The molecule has 0 spiro atoms. The Balaban J connectivity index is 1.73. The number of rotatable bonds is 3. The molecule has 1 amide bonds. The molecule has 1 aliphatic heterocycles. The van der Waals surface area contributed by atoms with Crippen molar-refractivity contribution in [1.29, 1.82) is 0 Å². The Morgan fingerprint density at radius 2 is 2.30 bits per heavy atom. The maximum Gasteiger partial charge on any atom is 0.275 e. The summed E-state index contributed by atoms with van der Waals surface area (Å²) in [6, 6.07) is 7.91. The summed E-state index contributed by atoms with van der Waals surface area (Å²) in [5.41, 5.74) is 1.18. The van der Waals surface area contributed by atoms with E-state index in [0.29, 0.717) is 11.7 Å². The van der Waals surface area contributed by atoms with Crippen molar-refractivity contribution in [2.45, 2.75) is 12.5 Å². The molecule has 6 heteroatoms. The average molecular weight is 335 g/mol. The summed E-state index contributed by atoms with van der Waals surface area (Å²) in [4.78, 5) is 16.4. The maximum absolute atomic E-state index is 12.2. The highest BCUT2D eigenvalue weighted by Crippen LogP contribution is 2.22. The van der Waals surface area contributed by atoms with Gasteiger partial charge in [0.15, 0.2) is 0 Å². The lowest BCUT2D eigenvalue weighted by atomic mass is 10.2. The largest absolute Gasteiger partial charge is 0.332 e. The molecular weight excluding hydrogens is 320 g/mol. The van der Waals surface area contributed by atoms with E-state index in [0.717, 1.165) is 29.7 Å². The summed E-state index contributed by atoms with van der Waals surface area (Å²) >= 11 is 3.41. The smallest absolute Gasteiger partial charge is 0.275 e. The van der Waals surface area contributed by atoms with Crippen molar-refractivity contribution in [1.82, 2.24) is 14.9 Å². The SMILES string of the molecule is O=C(Nc1ccccc1Br)c1cn(C2CCNC2)cn1. The summed E-state index contributed by atoms with van der Waals surface area (Å²) in [6.45, 7) is 1.95. The molecule has 1 unspecified atom stereocenters. The number of aromatic nitrogens is 2. The molecule has 5 nitrogen and oxygen atoms in total. The molecule has 104 valence electrons. The fourth-order valence-electron chi connectivity index (χ4n) is 2.30. The molecule has 1 fully saturated rings. The van der Waals surface area contributed by atoms with Crippen molar-refractivity contribution in [2.75, 3.05) is 18.4 Å². The number of nitrogens with zero attached hydrogens (tertiary/aromatic N) is 2. The molecule has 1 atom stereocenters. The van der Waals surface area contributed by atoms with Gasteiger partial charge < -0.3 is 15.2 Å². The van der Waals surface area contributed by atoms with E-state index in [1.807, 2.05) is 35.0 Å². The Labute approximate surface area is 125 Å². The van der Waals surface area contributed by atoms with Crippen LogP contribution in [0.25, 0.3) is 0 Å². The lowest BCUT2D eigenvalue weighted by molar-refractivity contribution is 0.102. The van der Waals surface area contributed by atoms with E-state index in [2.05, 4.69) is 31.5 Å². The van der Waals surface area contributed by atoms with Crippen LogP contribution in [-0.2, 0) is 0 Å². The minimum Gasteiger partial charge on any atom is -0.332 e. The molecule has 1 aromatic heterocycles. The zero-order valence-corrected chi connectivity index (χ0v) is 12.4. The van der Waals surface area contributed by atoms with E-state index in [1.54, 1.807) is 6.33 Å². The predicted molar refractivity (Wildman–Crippen MR) is 80.8 cm³/mol. The van der Waals surface area contributed by atoms with Crippen LogP contribution in [0.2, 0.25) is 0 Å². The van der Waals surface area contributed by atoms with Crippen LogP contribution in [-0.4, -0.2) is 28.5 Å². The van der Waals surface area contributed by atoms with Crippen molar-refractivity contribution in [3.05, 3.63) is 47.0 Å². The van der Waals surface area contributed by atoms with E-state index < -0.39 is 0 Å². The third-order valence-electron chi connectivity index (χ3n) is 3.41. The quantitative estimate of drug-likeness (QED) is 0.906. The number of anilines is 1. The van der Waals surface area contributed by atoms with Gasteiger partial charge in [0.05, 0.1) is 12.0 Å². The van der Waals surface area contributed by atoms with Gasteiger partial charge in [-0.1, -0.05) is 12.1 Å². The second-order valence-electron chi connectivity index (χ2n) is 4.79. The zero-order valence-electron chi connectivity index (χ0n) is 10.8. The molecule has 2 N–H and O–H groups in total. The Morgan fingerprint density at radius 3 is 3.05 bits per heavy atom. The molecule has 0 radical (unpaired) electrons. The Kier molecular flexibility index (Phi) is 3.84. The number of imidazole rings is 1. The number of carbonyl (C=O) groups is 1. The monoisotopic (exact) mass is 334 g/mol. The van der Waals surface area contributed by atoms with Gasteiger partial charge in [-0.2, -0.15) is 0 Å². The van der Waals surface area contributed by atoms with E-state index in [-0.39, 0.29) is 5.91 Å². The van der Waals surface area contributed by atoms with Gasteiger partial charge in [0.25, 0.3) is 5.91 Å². The first-order valence-electron chi connectivity index (χ1n) is 6.54. The summed E-state index contributed by atoms with van der Waals surface area (Å²) in [5, 5.41) is 6.15. The molecule has 0 bridgehead atoms. The van der Waals surface area contributed by atoms with Crippen molar-refractivity contribution in [3.63, 3.8) is 0 Å². The van der Waals surface area contributed by atoms with Gasteiger partial charge in [-0.3, -0.25) is 4.79 Å². The van der Waals surface area contributed by atoms with Gasteiger partial charge in [0.2, 0.25) is 0 Å². The van der Waals surface area contributed by atoms with Crippen LogP contribution in [0.1, 0.15) is 23.0 Å². The molecule has 1 aliphatic rings. The fraction of sp³-hybridized carbons (Fsp3) is 0.286. The van der Waals surface area contributed by atoms with Crippen LogP contribution in [0.3, 0.4) is 0 Å². The second kappa shape index (κ2) is 5.76. The van der Waals surface area contributed by atoms with Crippen LogP contribution in [0.5, 0.6) is 0 Å². The van der Waals surface area contributed by atoms with Crippen LogP contribution < -0.4 is 10.6 Å². The lowest BCUT2D eigenvalue weighted by Gasteiger charge is -2.08. The number of para-hydroxylation sites is 1. The standard InChI is InChI=1S/C14H15BrN4O/c15-11-3-1-2-4-12(11)18-14(20)13-8-19(9-17-13)10-5-6-16-7-10/h1-4,8-10,16H,5-7H2,(H,18,20). The molecule has 20 heavy (non-hydrogen) atoms. The minimum atomic E-state index is -0.193. The number of hydrogen-bond acceptors (Lipinski definition) is 3. The van der Waals surface area contributed by atoms with E-state index in [9.17, 15) is 4.79 Å². The molecule has 0 saturated carbocycles. The third-order valence-corrected chi connectivity index (χ3v) is 4.10. The summed E-state index contributed by atoms with van der Waals surface area (Å²) < 4.78 is 2.86. The zero-order chi connectivity index (χ0) is 13.9. The highest BCUT2D eigenvalue weighted by Gasteiger charge is 2.18. The van der Waals surface area contributed by atoms with Crippen LogP contribution in [0.4, 0.5) is 5.69 Å². The molecule has 0 aliphatic carbocycles. The number of halogens is 1. The van der Waals surface area contributed by atoms with Gasteiger partial charge in [0.1, 0.15) is 5.69 Å². The summed E-state index contributed by atoms with van der Waals surface area (Å²) in [7, 11) is 0. The Hall–Kier alpha value is -1.66. The molecule has 1 saturated heterocycles. The lowest BCUT2D eigenvalue weighted by Crippen LogP contribution is -2.14. The highest BCUT2D eigenvalue weighted by molar-refractivity contribution is 9.10. The maximum atomic E-state index is 12.2. The normalized spacial score (nSPS) is 18.1. The van der Waals surface area contributed by atoms with Crippen LogP contribution in [0.15, 0.2) is 41.3 Å². The van der Waals surface area contributed by atoms with Gasteiger partial charge >= 0.3 is 0 Å². The van der Waals surface area contributed by atoms with E-state index in [1.165, 1.54) is 0 Å². The number of benzene rings is 1. The van der Waals surface area contributed by atoms with Gasteiger partial charge in [-0.15, -0.1) is 0 Å². The minimum absolute atomic E-state index is 0.193. The van der Waals surface area contributed by atoms with Gasteiger partial charge in [-0.25, -0.2) is 4.98 Å². The Morgan fingerprint density at radius 1 is 1.45 bits per heavy atom. The average Bonchev–Trinajstić information content (AvgIpc) is 3.11. The van der Waals surface area contributed by atoms with E-state index in [4.69, 9.17) is 0 Å². The summed E-state index contributed by atoms with van der Waals surface area (Å²) in [5.74, 6) is -0.193. The first-order valence-corrected chi connectivity index (χ1v) is 7.33. The van der Waals surface area contributed by atoms with Crippen molar-refractivity contribution in [3.8, 4) is 0 Å². The number of carbonyl (C=O) groups excluding carboxylic acids is 1. The van der Waals surface area contributed by atoms with Crippen LogP contribution >= 0.6 is 15.9 Å². The fourth-order valence-corrected chi connectivity index (χ4v) is 2.68.